The van der Waals surface area contributed by atoms with Gasteiger partial charge in [0, 0.05) is 6.20 Å². The number of nitrogens with one attached hydrogen (secondary N) is 1. The fraction of sp³-hybridized carbons (Fsp3) is 0.154. The number of aromatic nitrogens is 1. The first-order valence-electron chi connectivity index (χ1n) is 5.53. The van der Waals surface area contributed by atoms with Gasteiger partial charge in [0.05, 0.1) is 17.9 Å². The molecule has 19 heavy (non-hydrogen) atoms. The van der Waals surface area contributed by atoms with Crippen LogP contribution in [0.15, 0.2) is 48.7 Å². The van der Waals surface area contributed by atoms with Crippen LogP contribution in [0.2, 0.25) is 0 Å². The van der Waals surface area contributed by atoms with Crippen molar-refractivity contribution in [2.45, 2.75) is 12.9 Å². The third kappa shape index (κ3) is 4.17. The Morgan fingerprint density at radius 3 is 2.47 bits per heavy atom. The lowest BCUT2D eigenvalue weighted by atomic mass is 10.2. The second-order valence-corrected chi connectivity index (χ2v) is 3.72. The van der Waals surface area contributed by atoms with Crippen molar-refractivity contribution >= 4 is 5.69 Å². The molecule has 1 aromatic carbocycles. The summed E-state index contributed by atoms with van der Waals surface area (Å²) in [7, 11) is 0. The predicted molar refractivity (Wildman–Crippen MR) is 64.7 cm³/mol. The van der Waals surface area contributed by atoms with Crippen molar-refractivity contribution in [3.8, 4) is 5.75 Å². The molecule has 0 saturated heterocycles. The second kappa shape index (κ2) is 5.60. The number of pyridine rings is 1. The molecule has 0 fully saturated rings. The van der Waals surface area contributed by atoms with E-state index < -0.39 is 6.36 Å². The van der Waals surface area contributed by atoms with Crippen LogP contribution >= 0.6 is 0 Å². The SMILES string of the molecule is FC(F)(F)Oc1ccccc1NCc1ccccn1. The molecule has 0 aliphatic carbocycles. The molecule has 3 nitrogen and oxygen atoms in total. The third-order valence-electron chi connectivity index (χ3n) is 2.30. The highest BCUT2D eigenvalue weighted by molar-refractivity contribution is 5.56. The van der Waals surface area contributed by atoms with Crippen LogP contribution in [0.3, 0.4) is 0 Å². The molecule has 0 amide bonds. The van der Waals surface area contributed by atoms with E-state index in [2.05, 4.69) is 15.0 Å². The Labute approximate surface area is 108 Å². The van der Waals surface area contributed by atoms with Gasteiger partial charge in [0.1, 0.15) is 0 Å². The smallest absolute Gasteiger partial charge is 0.404 e. The largest absolute Gasteiger partial charge is 0.573 e. The zero-order valence-corrected chi connectivity index (χ0v) is 9.82. The Bertz CT molecular complexity index is 529. The van der Waals surface area contributed by atoms with Crippen LogP contribution in [0.5, 0.6) is 5.75 Å². The molecule has 1 heterocycles. The molecular weight excluding hydrogens is 257 g/mol. The lowest BCUT2D eigenvalue weighted by Crippen LogP contribution is -2.18. The maximum Gasteiger partial charge on any atom is 0.573 e. The lowest BCUT2D eigenvalue weighted by molar-refractivity contribution is -0.274. The van der Waals surface area contributed by atoms with Gasteiger partial charge in [-0.3, -0.25) is 4.98 Å². The van der Waals surface area contributed by atoms with Gasteiger partial charge < -0.3 is 10.1 Å². The number of rotatable bonds is 4. The monoisotopic (exact) mass is 268 g/mol. The van der Waals surface area contributed by atoms with Gasteiger partial charge in [-0.25, -0.2) is 0 Å². The standard InChI is InChI=1S/C13H11F3N2O/c14-13(15,16)19-12-7-2-1-6-11(12)18-9-10-5-3-4-8-17-10/h1-8,18H,9H2. The summed E-state index contributed by atoms with van der Waals surface area (Å²) >= 11 is 0. The van der Waals surface area contributed by atoms with E-state index in [1.54, 1.807) is 24.4 Å². The Morgan fingerprint density at radius 2 is 1.79 bits per heavy atom. The number of hydrogen-bond donors (Lipinski definition) is 1. The Hall–Kier alpha value is -2.24. The fourth-order valence-corrected chi connectivity index (χ4v) is 1.51. The van der Waals surface area contributed by atoms with E-state index in [1.807, 2.05) is 6.07 Å². The molecule has 1 N–H and O–H groups in total. The van der Waals surface area contributed by atoms with Crippen molar-refractivity contribution in [2.75, 3.05) is 5.32 Å². The topological polar surface area (TPSA) is 34.1 Å². The maximum atomic E-state index is 12.2. The molecule has 0 atom stereocenters. The summed E-state index contributed by atoms with van der Waals surface area (Å²) in [4.78, 5) is 4.07. The second-order valence-electron chi connectivity index (χ2n) is 3.72. The maximum absolute atomic E-state index is 12.2. The van der Waals surface area contributed by atoms with Crippen molar-refractivity contribution in [3.63, 3.8) is 0 Å². The molecule has 0 radical (unpaired) electrons. The van der Waals surface area contributed by atoms with E-state index in [4.69, 9.17) is 0 Å². The molecule has 0 aliphatic rings. The first-order valence-corrected chi connectivity index (χ1v) is 5.53. The van der Waals surface area contributed by atoms with Crippen LogP contribution in [0.25, 0.3) is 0 Å². The summed E-state index contributed by atoms with van der Waals surface area (Å²) in [5, 5.41) is 2.86. The van der Waals surface area contributed by atoms with Crippen molar-refractivity contribution < 1.29 is 17.9 Å². The van der Waals surface area contributed by atoms with Gasteiger partial charge in [0.15, 0.2) is 5.75 Å². The highest BCUT2D eigenvalue weighted by atomic mass is 19.4. The van der Waals surface area contributed by atoms with Gasteiger partial charge in [-0.1, -0.05) is 18.2 Å². The zero-order chi connectivity index (χ0) is 13.7. The summed E-state index contributed by atoms with van der Waals surface area (Å²) in [6.07, 6.45) is -3.09. The first-order chi connectivity index (χ1) is 9.04. The fourth-order valence-electron chi connectivity index (χ4n) is 1.51. The minimum atomic E-state index is -4.71. The molecule has 2 aromatic rings. The third-order valence-corrected chi connectivity index (χ3v) is 2.30. The molecule has 100 valence electrons. The van der Waals surface area contributed by atoms with E-state index in [9.17, 15) is 13.2 Å². The van der Waals surface area contributed by atoms with E-state index >= 15 is 0 Å². The van der Waals surface area contributed by atoms with Gasteiger partial charge in [0.25, 0.3) is 0 Å². The molecule has 0 unspecified atom stereocenters. The van der Waals surface area contributed by atoms with Crippen molar-refractivity contribution in [3.05, 3.63) is 54.4 Å². The number of hydrogen-bond acceptors (Lipinski definition) is 3. The lowest BCUT2D eigenvalue weighted by Gasteiger charge is -2.14. The quantitative estimate of drug-likeness (QED) is 0.920. The van der Waals surface area contributed by atoms with Crippen LogP contribution in [-0.4, -0.2) is 11.3 Å². The minimum absolute atomic E-state index is 0.258. The van der Waals surface area contributed by atoms with Gasteiger partial charge in [-0.2, -0.15) is 0 Å². The van der Waals surface area contributed by atoms with E-state index in [0.717, 1.165) is 5.69 Å². The number of anilines is 1. The first kappa shape index (κ1) is 13.2. The molecule has 6 heteroatoms. The van der Waals surface area contributed by atoms with Gasteiger partial charge in [-0.05, 0) is 24.3 Å². The number of para-hydroxylation sites is 2. The van der Waals surface area contributed by atoms with Crippen molar-refractivity contribution in [1.82, 2.24) is 4.98 Å². The summed E-state index contributed by atoms with van der Waals surface area (Å²) < 4.78 is 40.6. The molecule has 0 bridgehead atoms. The van der Waals surface area contributed by atoms with Crippen LogP contribution in [-0.2, 0) is 6.54 Å². The normalized spacial score (nSPS) is 11.1. The number of benzene rings is 1. The molecule has 0 aliphatic heterocycles. The van der Waals surface area contributed by atoms with E-state index in [0.29, 0.717) is 6.54 Å². The molecular formula is C13H11F3N2O. The Kier molecular flexibility index (Phi) is 3.89. The summed E-state index contributed by atoms with van der Waals surface area (Å²) in [6.45, 7) is 0.319. The average molecular weight is 268 g/mol. The number of alkyl halides is 3. The molecule has 0 spiro atoms. The molecule has 2 rings (SSSR count). The molecule has 0 saturated carbocycles. The minimum Gasteiger partial charge on any atom is -0.404 e. The van der Waals surface area contributed by atoms with Gasteiger partial charge in [-0.15, -0.1) is 13.2 Å². The number of ether oxygens (including phenoxy) is 1. The van der Waals surface area contributed by atoms with Gasteiger partial charge in [0.2, 0.25) is 0 Å². The van der Waals surface area contributed by atoms with Gasteiger partial charge >= 0.3 is 6.36 Å². The van der Waals surface area contributed by atoms with Crippen molar-refractivity contribution in [2.24, 2.45) is 0 Å². The zero-order valence-electron chi connectivity index (χ0n) is 9.82. The number of nitrogens with zero attached hydrogens (tertiary/aromatic N) is 1. The predicted octanol–water partition coefficient (Wildman–Crippen LogP) is 3.59. The summed E-state index contributed by atoms with van der Waals surface area (Å²) in [5.41, 5.74) is 0.995. The van der Waals surface area contributed by atoms with Crippen LogP contribution in [0.4, 0.5) is 18.9 Å². The Morgan fingerprint density at radius 1 is 1.05 bits per heavy atom. The van der Waals surface area contributed by atoms with E-state index in [1.165, 1.54) is 18.2 Å². The Balaban J connectivity index is 2.08. The van der Waals surface area contributed by atoms with Crippen LogP contribution in [0.1, 0.15) is 5.69 Å². The molecule has 1 aromatic heterocycles. The van der Waals surface area contributed by atoms with Crippen LogP contribution < -0.4 is 10.1 Å². The van der Waals surface area contributed by atoms with Crippen molar-refractivity contribution in [1.29, 1.82) is 0 Å². The summed E-state index contributed by atoms with van der Waals surface area (Å²) in [6, 6.07) is 11.2. The summed E-state index contributed by atoms with van der Waals surface area (Å²) in [5.74, 6) is -0.258. The van der Waals surface area contributed by atoms with Crippen LogP contribution in [0, 0.1) is 0 Å². The average Bonchev–Trinajstić information content (AvgIpc) is 2.37. The highest BCUT2D eigenvalue weighted by Crippen LogP contribution is 2.30. The number of halogens is 3. The highest BCUT2D eigenvalue weighted by Gasteiger charge is 2.32. The van der Waals surface area contributed by atoms with E-state index in [-0.39, 0.29) is 11.4 Å².